The van der Waals surface area contributed by atoms with Crippen molar-refractivity contribution in [3.8, 4) is 23.3 Å². The summed E-state index contributed by atoms with van der Waals surface area (Å²) in [7, 11) is -3.69. The number of ether oxygens (including phenoxy) is 2. The first kappa shape index (κ1) is 19.7. The Kier molecular flexibility index (Phi) is 6.95. The highest BCUT2D eigenvalue weighted by atomic mass is 32.2. The van der Waals surface area contributed by atoms with Gasteiger partial charge in [0.1, 0.15) is 18.2 Å². The quantitative estimate of drug-likeness (QED) is 0.749. The second-order valence-corrected chi connectivity index (χ2v) is 6.71. The minimum absolute atomic E-state index is 0.0902. The Balaban J connectivity index is 1.84. The molecule has 2 aromatic rings. The predicted molar refractivity (Wildman–Crippen MR) is 92.4 cm³/mol. The summed E-state index contributed by atoms with van der Waals surface area (Å²) in [4.78, 5) is 0.0902. The summed E-state index contributed by atoms with van der Waals surface area (Å²) in [6, 6.07) is 8.91. The largest absolute Gasteiger partial charge is 0.494 e. The Morgan fingerprint density at radius 2 is 1.77 bits per heavy atom. The molecule has 0 saturated carbocycles. The van der Waals surface area contributed by atoms with Gasteiger partial charge in [-0.25, -0.2) is 17.2 Å². The zero-order valence-electron chi connectivity index (χ0n) is 14.0. The molecule has 0 bridgehead atoms. The lowest BCUT2D eigenvalue weighted by molar-refractivity contribution is 0.340. The molecule has 0 heterocycles. The molecule has 1 N–H and O–H groups in total. The fourth-order valence-corrected chi connectivity index (χ4v) is 2.84. The van der Waals surface area contributed by atoms with Crippen LogP contribution in [0.1, 0.15) is 6.92 Å². The van der Waals surface area contributed by atoms with E-state index in [9.17, 15) is 17.2 Å². The fourth-order valence-electron chi connectivity index (χ4n) is 1.92. The third-order valence-electron chi connectivity index (χ3n) is 3.11. The van der Waals surface area contributed by atoms with Crippen LogP contribution in [0.3, 0.4) is 0 Å². The zero-order valence-corrected chi connectivity index (χ0v) is 14.8. The molecule has 0 saturated heterocycles. The number of nitrogens with one attached hydrogen (secondary N) is 1. The van der Waals surface area contributed by atoms with Crippen molar-refractivity contribution in [1.82, 2.24) is 4.72 Å². The van der Waals surface area contributed by atoms with E-state index in [-0.39, 0.29) is 23.8 Å². The minimum atomic E-state index is -3.69. The Morgan fingerprint density at radius 3 is 2.42 bits per heavy atom. The minimum Gasteiger partial charge on any atom is -0.494 e. The first-order chi connectivity index (χ1) is 12.4. The first-order valence-electron chi connectivity index (χ1n) is 7.68. The van der Waals surface area contributed by atoms with Gasteiger partial charge in [0.05, 0.1) is 18.0 Å². The average molecular weight is 381 g/mol. The Hall–Kier alpha value is -2.63. The van der Waals surface area contributed by atoms with E-state index < -0.39 is 21.7 Å². The van der Waals surface area contributed by atoms with Crippen LogP contribution in [-0.2, 0) is 10.0 Å². The lowest BCUT2D eigenvalue weighted by atomic mass is 10.3. The molecule has 0 aliphatic heterocycles. The molecule has 0 aliphatic carbocycles. The molecule has 2 aromatic carbocycles. The van der Waals surface area contributed by atoms with Gasteiger partial charge in [-0.15, -0.1) is 0 Å². The second-order valence-electron chi connectivity index (χ2n) is 4.95. The Bertz CT molecular complexity index is 903. The molecule has 2 rings (SSSR count). The number of sulfonamides is 1. The molecule has 0 spiro atoms. The van der Waals surface area contributed by atoms with Crippen LogP contribution in [0.4, 0.5) is 8.78 Å². The van der Waals surface area contributed by atoms with Crippen molar-refractivity contribution in [2.75, 3.05) is 19.8 Å². The van der Waals surface area contributed by atoms with Gasteiger partial charge in [0, 0.05) is 6.07 Å². The van der Waals surface area contributed by atoms with Crippen molar-refractivity contribution in [1.29, 1.82) is 0 Å². The van der Waals surface area contributed by atoms with Crippen LogP contribution < -0.4 is 14.2 Å². The van der Waals surface area contributed by atoms with E-state index in [2.05, 4.69) is 16.6 Å². The van der Waals surface area contributed by atoms with Gasteiger partial charge in [0.15, 0.2) is 11.6 Å². The number of halogens is 2. The van der Waals surface area contributed by atoms with Crippen LogP contribution in [0.15, 0.2) is 47.4 Å². The van der Waals surface area contributed by atoms with Gasteiger partial charge in [0.2, 0.25) is 10.0 Å². The lowest BCUT2D eigenvalue weighted by Gasteiger charge is -2.06. The molecule has 0 radical (unpaired) electrons. The molecule has 0 unspecified atom stereocenters. The monoisotopic (exact) mass is 381 g/mol. The van der Waals surface area contributed by atoms with Crippen LogP contribution in [0.2, 0.25) is 0 Å². The smallest absolute Gasteiger partial charge is 0.241 e. The number of benzene rings is 2. The van der Waals surface area contributed by atoms with Gasteiger partial charge in [-0.1, -0.05) is 11.8 Å². The summed E-state index contributed by atoms with van der Waals surface area (Å²) in [6.07, 6.45) is 0. The van der Waals surface area contributed by atoms with E-state index in [1.54, 1.807) is 12.1 Å². The van der Waals surface area contributed by atoms with Crippen molar-refractivity contribution in [3.05, 3.63) is 54.1 Å². The van der Waals surface area contributed by atoms with Gasteiger partial charge in [-0.2, -0.15) is 4.72 Å². The summed E-state index contributed by atoms with van der Waals surface area (Å²) in [5, 5.41) is 0. The molecule has 0 aliphatic rings. The maximum absolute atomic E-state index is 13.3. The van der Waals surface area contributed by atoms with Crippen LogP contribution >= 0.6 is 0 Å². The van der Waals surface area contributed by atoms with Gasteiger partial charge < -0.3 is 9.47 Å². The van der Waals surface area contributed by atoms with E-state index >= 15 is 0 Å². The van der Waals surface area contributed by atoms with Gasteiger partial charge in [0.25, 0.3) is 0 Å². The summed E-state index contributed by atoms with van der Waals surface area (Å²) in [5.74, 6) is 4.02. The average Bonchev–Trinajstić information content (AvgIpc) is 2.60. The molecular formula is C18H17F2NO4S. The van der Waals surface area contributed by atoms with Gasteiger partial charge >= 0.3 is 0 Å². The molecule has 8 heteroatoms. The number of hydrogen-bond acceptors (Lipinski definition) is 4. The Labute approximate surface area is 151 Å². The van der Waals surface area contributed by atoms with Gasteiger partial charge in [-0.05, 0) is 43.3 Å². The highest BCUT2D eigenvalue weighted by Crippen LogP contribution is 2.17. The second kappa shape index (κ2) is 9.17. The third-order valence-corrected chi connectivity index (χ3v) is 4.53. The van der Waals surface area contributed by atoms with Crippen LogP contribution in [0.25, 0.3) is 0 Å². The third kappa shape index (κ3) is 5.72. The van der Waals surface area contributed by atoms with E-state index in [4.69, 9.17) is 9.47 Å². The molecule has 0 aromatic heterocycles. The van der Waals surface area contributed by atoms with Crippen LogP contribution in [-0.4, -0.2) is 28.2 Å². The van der Waals surface area contributed by atoms with Crippen molar-refractivity contribution in [3.63, 3.8) is 0 Å². The van der Waals surface area contributed by atoms with Crippen LogP contribution in [0.5, 0.6) is 11.5 Å². The van der Waals surface area contributed by atoms with E-state index in [1.807, 2.05) is 6.92 Å². The standard InChI is InChI=1S/C18H17F2NO4S/c1-2-24-15-6-8-16(9-7-15)26(22,23)21-11-3-4-12-25-18-10-5-14(19)13-17(18)20/h5-10,13,21H,2,11-12H2,1H3. The summed E-state index contributed by atoms with van der Waals surface area (Å²) >= 11 is 0. The molecule has 5 nitrogen and oxygen atoms in total. The molecular weight excluding hydrogens is 364 g/mol. The SMILES string of the molecule is CCOc1ccc(S(=O)(=O)NCC#CCOc2ccc(F)cc2F)cc1. The molecule has 0 atom stereocenters. The van der Waals surface area contributed by atoms with Crippen molar-refractivity contribution < 1.29 is 26.7 Å². The maximum atomic E-state index is 13.3. The number of hydrogen-bond donors (Lipinski definition) is 1. The summed E-state index contributed by atoms with van der Waals surface area (Å²) in [6.45, 7) is 2.03. The summed E-state index contributed by atoms with van der Waals surface area (Å²) < 4.78 is 62.9. The van der Waals surface area contributed by atoms with Crippen LogP contribution in [0, 0.1) is 23.5 Å². The van der Waals surface area contributed by atoms with E-state index in [1.165, 1.54) is 12.1 Å². The summed E-state index contributed by atoms with van der Waals surface area (Å²) in [5.41, 5.74) is 0. The van der Waals surface area contributed by atoms with Crippen molar-refractivity contribution in [2.24, 2.45) is 0 Å². The maximum Gasteiger partial charge on any atom is 0.241 e. The highest BCUT2D eigenvalue weighted by molar-refractivity contribution is 7.89. The van der Waals surface area contributed by atoms with E-state index in [0.29, 0.717) is 18.4 Å². The molecule has 0 fully saturated rings. The number of rotatable bonds is 7. The zero-order chi connectivity index (χ0) is 19.0. The highest BCUT2D eigenvalue weighted by Gasteiger charge is 2.12. The predicted octanol–water partition coefficient (Wildman–Crippen LogP) is 2.72. The molecule has 0 amide bonds. The van der Waals surface area contributed by atoms with Crippen molar-refractivity contribution >= 4 is 10.0 Å². The van der Waals surface area contributed by atoms with E-state index in [0.717, 1.165) is 12.1 Å². The molecule has 138 valence electrons. The van der Waals surface area contributed by atoms with Gasteiger partial charge in [-0.3, -0.25) is 0 Å². The molecule has 26 heavy (non-hydrogen) atoms. The van der Waals surface area contributed by atoms with Crippen molar-refractivity contribution in [2.45, 2.75) is 11.8 Å². The normalized spacial score (nSPS) is 10.7. The first-order valence-corrected chi connectivity index (χ1v) is 9.17. The topological polar surface area (TPSA) is 64.6 Å². The fraction of sp³-hybridized carbons (Fsp3) is 0.222. The lowest BCUT2D eigenvalue weighted by Crippen LogP contribution is -2.24. The Morgan fingerprint density at radius 1 is 1.04 bits per heavy atom.